The summed E-state index contributed by atoms with van der Waals surface area (Å²) in [6.07, 6.45) is 1.62. The van der Waals surface area contributed by atoms with Crippen molar-refractivity contribution in [2.75, 3.05) is 13.1 Å². The maximum atomic E-state index is 12.1. The molecule has 1 aliphatic heterocycles. The summed E-state index contributed by atoms with van der Waals surface area (Å²) in [4.78, 5) is 26.3. The molecule has 0 spiro atoms. The number of hydrogen-bond donors (Lipinski definition) is 1. The van der Waals surface area contributed by atoms with Crippen LogP contribution in [0.15, 0.2) is 6.07 Å². The van der Waals surface area contributed by atoms with E-state index in [2.05, 4.69) is 23.5 Å². The average Bonchev–Trinajstić information content (AvgIpc) is 2.89. The minimum atomic E-state index is -0.102. The van der Waals surface area contributed by atoms with Crippen LogP contribution in [0.5, 0.6) is 0 Å². The lowest BCUT2D eigenvalue weighted by Gasteiger charge is -2.31. The highest BCUT2D eigenvalue weighted by Gasteiger charge is 2.23. The summed E-state index contributed by atoms with van der Waals surface area (Å²) in [5, 5.41) is 3.01. The number of hydrogen-bond acceptors (Lipinski definition) is 4. The van der Waals surface area contributed by atoms with Crippen LogP contribution in [-0.2, 0) is 4.79 Å². The quantitative estimate of drug-likeness (QED) is 0.928. The third-order valence-corrected chi connectivity index (χ3v) is 4.69. The number of likely N-dealkylation sites (tertiary alicyclic amines) is 1. The average molecular weight is 295 g/mol. The van der Waals surface area contributed by atoms with Crippen LogP contribution in [0.3, 0.4) is 0 Å². The maximum Gasteiger partial charge on any atom is 0.271 e. The lowest BCUT2D eigenvalue weighted by atomic mass is 10.0. The van der Waals surface area contributed by atoms with Gasteiger partial charge in [-0.05, 0) is 36.4 Å². The SMILES string of the molecule is CC(=O)N1CCC(NC(=O)c2cc(C(C)C)sn2)CC1. The topological polar surface area (TPSA) is 62.3 Å². The van der Waals surface area contributed by atoms with Crippen molar-refractivity contribution in [2.45, 2.75) is 45.6 Å². The van der Waals surface area contributed by atoms with E-state index in [0.29, 0.717) is 24.7 Å². The molecule has 1 aromatic rings. The highest BCUT2D eigenvalue weighted by molar-refractivity contribution is 7.06. The predicted octanol–water partition coefficient (Wildman–Crippen LogP) is 2.01. The molecule has 1 aromatic heterocycles. The predicted molar refractivity (Wildman–Crippen MR) is 78.9 cm³/mol. The first-order chi connectivity index (χ1) is 9.47. The molecule has 1 fully saturated rings. The summed E-state index contributed by atoms with van der Waals surface area (Å²) in [7, 11) is 0. The van der Waals surface area contributed by atoms with Crippen LogP contribution in [0.1, 0.15) is 54.9 Å². The smallest absolute Gasteiger partial charge is 0.271 e. The van der Waals surface area contributed by atoms with Crippen LogP contribution in [0.25, 0.3) is 0 Å². The van der Waals surface area contributed by atoms with E-state index < -0.39 is 0 Å². The Labute approximate surface area is 123 Å². The van der Waals surface area contributed by atoms with E-state index in [1.165, 1.54) is 11.5 Å². The standard InChI is InChI=1S/C14H21N3O2S/c1-9(2)13-8-12(16-20-13)14(19)15-11-4-6-17(7-5-11)10(3)18/h8-9,11H,4-7H2,1-3H3,(H,15,19). The molecule has 2 amide bonds. The van der Waals surface area contributed by atoms with Crippen LogP contribution in [-0.4, -0.2) is 40.2 Å². The molecule has 0 bridgehead atoms. The first-order valence-electron chi connectivity index (χ1n) is 7.00. The second-order valence-corrected chi connectivity index (χ2v) is 6.36. The number of amides is 2. The van der Waals surface area contributed by atoms with Crippen molar-refractivity contribution in [3.8, 4) is 0 Å². The molecule has 1 N–H and O–H groups in total. The lowest BCUT2D eigenvalue weighted by molar-refractivity contribution is -0.129. The molecular formula is C14H21N3O2S. The normalized spacial score (nSPS) is 16.5. The summed E-state index contributed by atoms with van der Waals surface area (Å²) in [5.74, 6) is 0.401. The fraction of sp³-hybridized carbons (Fsp3) is 0.643. The molecule has 110 valence electrons. The van der Waals surface area contributed by atoms with Crippen molar-refractivity contribution in [3.63, 3.8) is 0 Å². The number of piperidine rings is 1. The summed E-state index contributed by atoms with van der Waals surface area (Å²) in [6, 6.07) is 2.01. The molecule has 0 radical (unpaired) electrons. The Morgan fingerprint density at radius 3 is 2.55 bits per heavy atom. The van der Waals surface area contributed by atoms with E-state index in [-0.39, 0.29) is 17.9 Å². The zero-order chi connectivity index (χ0) is 14.7. The van der Waals surface area contributed by atoms with E-state index in [0.717, 1.165) is 17.7 Å². The fourth-order valence-corrected chi connectivity index (χ4v) is 2.98. The second-order valence-electron chi connectivity index (χ2n) is 5.52. The van der Waals surface area contributed by atoms with E-state index in [1.807, 2.05) is 11.0 Å². The van der Waals surface area contributed by atoms with Gasteiger partial charge in [-0.15, -0.1) is 0 Å². The molecule has 5 nitrogen and oxygen atoms in total. The van der Waals surface area contributed by atoms with Gasteiger partial charge >= 0.3 is 0 Å². The summed E-state index contributed by atoms with van der Waals surface area (Å²) >= 11 is 1.39. The number of carbonyl (C=O) groups is 2. The zero-order valence-electron chi connectivity index (χ0n) is 12.2. The Hall–Kier alpha value is -1.43. The van der Waals surface area contributed by atoms with Crippen LogP contribution in [0, 0.1) is 0 Å². The van der Waals surface area contributed by atoms with Gasteiger partial charge in [0.15, 0.2) is 0 Å². The molecule has 6 heteroatoms. The van der Waals surface area contributed by atoms with Crippen molar-refractivity contribution in [3.05, 3.63) is 16.6 Å². The molecule has 0 unspecified atom stereocenters. The van der Waals surface area contributed by atoms with Gasteiger partial charge in [-0.3, -0.25) is 9.59 Å². The zero-order valence-corrected chi connectivity index (χ0v) is 13.0. The summed E-state index contributed by atoms with van der Waals surface area (Å²) in [6.45, 7) is 7.20. The van der Waals surface area contributed by atoms with Crippen LogP contribution in [0.4, 0.5) is 0 Å². The van der Waals surface area contributed by atoms with Gasteiger partial charge in [0.2, 0.25) is 5.91 Å². The number of carbonyl (C=O) groups excluding carboxylic acids is 2. The van der Waals surface area contributed by atoms with Crippen molar-refractivity contribution in [2.24, 2.45) is 0 Å². The van der Waals surface area contributed by atoms with Gasteiger partial charge in [0.1, 0.15) is 5.69 Å². The van der Waals surface area contributed by atoms with E-state index in [4.69, 9.17) is 0 Å². The Morgan fingerprint density at radius 2 is 2.05 bits per heavy atom. The van der Waals surface area contributed by atoms with Gasteiger partial charge in [-0.25, -0.2) is 0 Å². The van der Waals surface area contributed by atoms with Gasteiger partial charge in [-0.2, -0.15) is 4.37 Å². The van der Waals surface area contributed by atoms with E-state index in [1.54, 1.807) is 6.92 Å². The minimum absolute atomic E-state index is 0.102. The molecule has 2 heterocycles. The first-order valence-corrected chi connectivity index (χ1v) is 7.77. The number of nitrogens with zero attached hydrogens (tertiary/aromatic N) is 2. The number of rotatable bonds is 3. The molecule has 0 aliphatic carbocycles. The van der Waals surface area contributed by atoms with Gasteiger partial charge in [-0.1, -0.05) is 13.8 Å². The van der Waals surface area contributed by atoms with Crippen molar-refractivity contribution < 1.29 is 9.59 Å². The Bertz CT molecular complexity index is 490. The van der Waals surface area contributed by atoms with Crippen molar-refractivity contribution >= 4 is 23.3 Å². The molecule has 0 saturated carbocycles. The summed E-state index contributed by atoms with van der Waals surface area (Å²) in [5.41, 5.74) is 0.507. The van der Waals surface area contributed by atoms with E-state index in [9.17, 15) is 9.59 Å². The van der Waals surface area contributed by atoms with Gasteiger partial charge in [0.25, 0.3) is 5.91 Å². The third kappa shape index (κ3) is 3.56. The largest absolute Gasteiger partial charge is 0.348 e. The van der Waals surface area contributed by atoms with Gasteiger partial charge in [0, 0.05) is 30.9 Å². The monoisotopic (exact) mass is 295 g/mol. The van der Waals surface area contributed by atoms with Crippen molar-refractivity contribution in [1.29, 1.82) is 0 Å². The third-order valence-electron chi connectivity index (χ3n) is 3.61. The fourth-order valence-electron chi connectivity index (χ4n) is 2.27. The molecule has 1 saturated heterocycles. The highest BCUT2D eigenvalue weighted by atomic mass is 32.1. The first kappa shape index (κ1) is 15.0. The molecule has 0 aromatic carbocycles. The number of nitrogens with one attached hydrogen (secondary N) is 1. The van der Waals surface area contributed by atoms with Crippen molar-refractivity contribution in [1.82, 2.24) is 14.6 Å². The minimum Gasteiger partial charge on any atom is -0.348 e. The lowest BCUT2D eigenvalue weighted by Crippen LogP contribution is -2.46. The molecule has 2 rings (SSSR count). The number of aromatic nitrogens is 1. The molecule has 20 heavy (non-hydrogen) atoms. The Balaban J connectivity index is 1.87. The second kappa shape index (κ2) is 6.35. The highest BCUT2D eigenvalue weighted by Crippen LogP contribution is 2.20. The van der Waals surface area contributed by atoms with Gasteiger partial charge < -0.3 is 10.2 Å². The Morgan fingerprint density at radius 1 is 1.40 bits per heavy atom. The molecule has 0 atom stereocenters. The van der Waals surface area contributed by atoms with E-state index >= 15 is 0 Å². The summed E-state index contributed by atoms with van der Waals surface area (Å²) < 4.78 is 4.21. The van der Waals surface area contributed by atoms with Crippen LogP contribution >= 0.6 is 11.5 Å². The van der Waals surface area contributed by atoms with Crippen LogP contribution in [0.2, 0.25) is 0 Å². The molecule has 1 aliphatic rings. The van der Waals surface area contributed by atoms with Crippen LogP contribution < -0.4 is 5.32 Å². The van der Waals surface area contributed by atoms with Gasteiger partial charge in [0.05, 0.1) is 0 Å². The maximum absolute atomic E-state index is 12.1. The Kier molecular flexibility index (Phi) is 4.75. The molecular weight excluding hydrogens is 274 g/mol.